The molecule has 130 valence electrons. The molecule has 1 fully saturated rings. The molecule has 2 heterocycles. The number of H-pyrrole nitrogens is 1. The number of aromatic nitrogens is 2. The van der Waals surface area contributed by atoms with Crippen LogP contribution in [0.3, 0.4) is 0 Å². The lowest BCUT2D eigenvalue weighted by atomic mass is 9.81. The van der Waals surface area contributed by atoms with Gasteiger partial charge in [-0.15, -0.1) is 0 Å². The maximum Gasteiger partial charge on any atom is 0.104 e. The van der Waals surface area contributed by atoms with Crippen LogP contribution in [0.4, 0.5) is 0 Å². The van der Waals surface area contributed by atoms with E-state index in [1.54, 1.807) is 0 Å². The second-order valence-electron chi connectivity index (χ2n) is 7.49. The first kappa shape index (κ1) is 16.3. The van der Waals surface area contributed by atoms with Crippen LogP contribution in [0.5, 0.6) is 0 Å². The van der Waals surface area contributed by atoms with Crippen molar-refractivity contribution in [2.45, 2.75) is 39.2 Å². The Kier molecular flexibility index (Phi) is 4.58. The minimum Gasteiger partial charge on any atom is -0.342 e. The van der Waals surface area contributed by atoms with Crippen molar-refractivity contribution in [1.29, 1.82) is 0 Å². The molecule has 1 aromatic heterocycles. The summed E-state index contributed by atoms with van der Waals surface area (Å²) in [4.78, 5) is 10.5. The van der Waals surface area contributed by atoms with E-state index in [2.05, 4.69) is 70.3 Å². The molecular weight excluding hydrogens is 306 g/mol. The molecule has 3 aromatic rings. The average molecular weight is 333 g/mol. The van der Waals surface area contributed by atoms with Crippen LogP contribution in [-0.2, 0) is 6.54 Å². The fourth-order valence-corrected chi connectivity index (χ4v) is 4.16. The van der Waals surface area contributed by atoms with Gasteiger partial charge < -0.3 is 4.98 Å². The van der Waals surface area contributed by atoms with Crippen molar-refractivity contribution >= 4 is 11.0 Å². The number of nitrogens with one attached hydrogen (secondary N) is 1. The van der Waals surface area contributed by atoms with Crippen molar-refractivity contribution in [3.63, 3.8) is 0 Å². The molecule has 0 radical (unpaired) electrons. The first-order valence-corrected chi connectivity index (χ1v) is 9.41. The second kappa shape index (κ2) is 7.01. The molecule has 1 unspecified atom stereocenters. The Morgan fingerprint density at radius 1 is 1.12 bits per heavy atom. The summed E-state index contributed by atoms with van der Waals surface area (Å²) in [6, 6.07) is 17.6. The molecule has 4 rings (SSSR count). The van der Waals surface area contributed by atoms with Crippen LogP contribution in [0, 0.1) is 12.8 Å². The molecule has 3 heteroatoms. The molecular formula is C22H27N3. The lowest BCUT2D eigenvalue weighted by Gasteiger charge is -2.35. The number of fused-ring (bicyclic) bond motifs is 1. The van der Waals surface area contributed by atoms with E-state index in [4.69, 9.17) is 0 Å². The molecule has 1 saturated heterocycles. The summed E-state index contributed by atoms with van der Waals surface area (Å²) in [6.07, 6.45) is 2.57. The van der Waals surface area contributed by atoms with Gasteiger partial charge in [0.1, 0.15) is 5.82 Å². The lowest BCUT2D eigenvalue weighted by molar-refractivity contribution is 0.165. The van der Waals surface area contributed by atoms with Gasteiger partial charge in [0.25, 0.3) is 0 Å². The van der Waals surface area contributed by atoms with Crippen molar-refractivity contribution < 1.29 is 0 Å². The van der Waals surface area contributed by atoms with Crippen molar-refractivity contribution in [3.8, 4) is 0 Å². The highest BCUT2D eigenvalue weighted by atomic mass is 15.1. The highest BCUT2D eigenvalue weighted by molar-refractivity contribution is 5.76. The van der Waals surface area contributed by atoms with E-state index in [0.29, 0.717) is 5.92 Å². The van der Waals surface area contributed by atoms with Gasteiger partial charge in [0.15, 0.2) is 0 Å². The summed E-state index contributed by atoms with van der Waals surface area (Å²) in [5.74, 6) is 2.37. The minimum absolute atomic E-state index is 0.604. The smallest absolute Gasteiger partial charge is 0.104 e. The normalized spacial score (nSPS) is 17.8. The fourth-order valence-electron chi connectivity index (χ4n) is 4.16. The molecule has 0 amide bonds. The molecule has 2 aromatic carbocycles. The van der Waals surface area contributed by atoms with Gasteiger partial charge in [-0.3, -0.25) is 4.90 Å². The van der Waals surface area contributed by atoms with Crippen LogP contribution in [0.1, 0.15) is 42.6 Å². The maximum absolute atomic E-state index is 4.51. The quantitative estimate of drug-likeness (QED) is 0.737. The third-order valence-electron chi connectivity index (χ3n) is 5.74. The largest absolute Gasteiger partial charge is 0.342 e. The lowest BCUT2D eigenvalue weighted by Crippen LogP contribution is -2.34. The molecule has 1 aliphatic heterocycles. The van der Waals surface area contributed by atoms with Gasteiger partial charge in [0.2, 0.25) is 0 Å². The van der Waals surface area contributed by atoms with E-state index >= 15 is 0 Å². The first-order valence-electron chi connectivity index (χ1n) is 9.41. The van der Waals surface area contributed by atoms with Gasteiger partial charge in [0.05, 0.1) is 11.0 Å². The van der Waals surface area contributed by atoms with Gasteiger partial charge in [-0.1, -0.05) is 43.3 Å². The Labute approximate surface area is 150 Å². The van der Waals surface area contributed by atoms with Crippen molar-refractivity contribution in [2.24, 2.45) is 5.92 Å². The molecule has 1 aliphatic rings. The fraction of sp³-hybridized carbons (Fsp3) is 0.409. The van der Waals surface area contributed by atoms with Crippen LogP contribution in [0.2, 0.25) is 0 Å². The predicted octanol–water partition coefficient (Wildman–Crippen LogP) is 4.89. The van der Waals surface area contributed by atoms with E-state index in [1.165, 1.54) is 42.6 Å². The number of piperidine rings is 1. The van der Waals surface area contributed by atoms with Crippen LogP contribution >= 0.6 is 0 Å². The number of nitrogens with zero attached hydrogens (tertiary/aromatic N) is 2. The number of hydrogen-bond donors (Lipinski definition) is 1. The molecule has 1 atom stereocenters. The molecule has 0 spiro atoms. The van der Waals surface area contributed by atoms with E-state index in [0.717, 1.165) is 23.8 Å². The molecule has 3 nitrogen and oxygen atoms in total. The summed E-state index contributed by atoms with van der Waals surface area (Å²) in [7, 11) is 0. The summed E-state index contributed by atoms with van der Waals surface area (Å²) >= 11 is 0. The average Bonchev–Trinajstić information content (AvgIpc) is 3.02. The third-order valence-corrected chi connectivity index (χ3v) is 5.74. The highest BCUT2D eigenvalue weighted by Gasteiger charge is 2.25. The molecule has 25 heavy (non-hydrogen) atoms. The number of imidazole rings is 1. The number of rotatable bonds is 4. The van der Waals surface area contributed by atoms with E-state index in [9.17, 15) is 0 Å². The van der Waals surface area contributed by atoms with E-state index in [1.807, 2.05) is 6.92 Å². The zero-order chi connectivity index (χ0) is 17.2. The second-order valence-corrected chi connectivity index (χ2v) is 7.49. The number of hydrogen-bond acceptors (Lipinski definition) is 2. The van der Waals surface area contributed by atoms with E-state index < -0.39 is 0 Å². The van der Waals surface area contributed by atoms with Gasteiger partial charge in [-0.05, 0) is 68.0 Å². The third kappa shape index (κ3) is 3.62. The molecule has 0 saturated carbocycles. The standard InChI is InChI=1S/C22H27N3/c1-16(20-8-9-21-22(14-20)24-17(2)23-21)19-10-12-25(13-11-19)15-18-6-4-3-5-7-18/h3-9,14,16,19H,10-13,15H2,1-2H3,(H,23,24). The minimum atomic E-state index is 0.604. The van der Waals surface area contributed by atoms with Crippen molar-refractivity contribution in [2.75, 3.05) is 13.1 Å². The number of aryl methyl sites for hydroxylation is 1. The van der Waals surface area contributed by atoms with Gasteiger partial charge in [0, 0.05) is 6.54 Å². The van der Waals surface area contributed by atoms with Crippen LogP contribution < -0.4 is 0 Å². The Balaban J connectivity index is 1.39. The van der Waals surface area contributed by atoms with Crippen LogP contribution in [-0.4, -0.2) is 28.0 Å². The number of aromatic amines is 1. The Hall–Kier alpha value is -2.13. The van der Waals surface area contributed by atoms with Crippen molar-refractivity contribution in [1.82, 2.24) is 14.9 Å². The van der Waals surface area contributed by atoms with Gasteiger partial charge >= 0.3 is 0 Å². The van der Waals surface area contributed by atoms with Crippen LogP contribution in [0.25, 0.3) is 11.0 Å². The Morgan fingerprint density at radius 3 is 2.64 bits per heavy atom. The first-order chi connectivity index (χ1) is 12.2. The number of likely N-dealkylation sites (tertiary alicyclic amines) is 1. The summed E-state index contributed by atoms with van der Waals surface area (Å²) in [6.45, 7) is 7.90. The predicted molar refractivity (Wildman–Crippen MR) is 104 cm³/mol. The topological polar surface area (TPSA) is 31.9 Å². The van der Waals surface area contributed by atoms with Gasteiger partial charge in [-0.25, -0.2) is 4.98 Å². The summed E-state index contributed by atoms with van der Waals surface area (Å²) < 4.78 is 0. The zero-order valence-electron chi connectivity index (χ0n) is 15.2. The molecule has 0 bridgehead atoms. The zero-order valence-corrected chi connectivity index (χ0v) is 15.2. The number of benzene rings is 2. The van der Waals surface area contributed by atoms with Crippen LogP contribution in [0.15, 0.2) is 48.5 Å². The highest BCUT2D eigenvalue weighted by Crippen LogP contribution is 2.33. The van der Waals surface area contributed by atoms with Crippen molar-refractivity contribution in [3.05, 3.63) is 65.5 Å². The summed E-state index contributed by atoms with van der Waals surface area (Å²) in [5, 5.41) is 0. The Bertz CT molecular complexity index is 829. The monoisotopic (exact) mass is 333 g/mol. The molecule has 1 N–H and O–H groups in total. The SMILES string of the molecule is Cc1nc2ccc(C(C)C3CCN(Cc4ccccc4)CC3)cc2[nH]1. The maximum atomic E-state index is 4.51. The Morgan fingerprint density at radius 2 is 1.88 bits per heavy atom. The van der Waals surface area contributed by atoms with Gasteiger partial charge in [-0.2, -0.15) is 0 Å². The van der Waals surface area contributed by atoms with E-state index in [-0.39, 0.29) is 0 Å². The molecule has 0 aliphatic carbocycles. The summed E-state index contributed by atoms with van der Waals surface area (Å²) in [5.41, 5.74) is 5.11.